The summed E-state index contributed by atoms with van der Waals surface area (Å²) < 4.78 is 5.12. The summed E-state index contributed by atoms with van der Waals surface area (Å²) in [7, 11) is 3.59. The van der Waals surface area contributed by atoms with E-state index in [1.165, 1.54) is 5.56 Å². The topological polar surface area (TPSA) is 63.1 Å². The molecule has 0 amide bonds. The molecule has 0 aliphatic rings. The average Bonchev–Trinajstić information content (AvgIpc) is 2.91. The number of benzene rings is 1. The molecule has 1 heterocycles. The van der Waals surface area contributed by atoms with Crippen molar-refractivity contribution in [3.05, 3.63) is 36.2 Å². The number of hydrogen-bond donors (Lipinski definition) is 3. The van der Waals surface area contributed by atoms with E-state index in [0.717, 1.165) is 28.9 Å². The maximum absolute atomic E-state index is 6.17. The molecule has 0 unspecified atom stereocenters. The molecule has 4 nitrogen and oxygen atoms in total. The van der Waals surface area contributed by atoms with Gasteiger partial charge in [-0.25, -0.2) is 0 Å². The van der Waals surface area contributed by atoms with Crippen LogP contribution in [0.15, 0.2) is 30.6 Å². The van der Waals surface area contributed by atoms with Crippen molar-refractivity contribution < 1.29 is 4.74 Å². The minimum atomic E-state index is 0.708. The van der Waals surface area contributed by atoms with E-state index in [0.29, 0.717) is 6.61 Å². The lowest BCUT2D eigenvalue weighted by molar-refractivity contribution is 0.202. The zero-order valence-corrected chi connectivity index (χ0v) is 10.8. The number of aromatic amines is 1. The first-order chi connectivity index (χ1) is 8.76. The summed E-state index contributed by atoms with van der Waals surface area (Å²) in [5.41, 5.74) is 11.3. The van der Waals surface area contributed by atoms with Gasteiger partial charge in [-0.1, -0.05) is 0 Å². The molecule has 0 atom stereocenters. The van der Waals surface area contributed by atoms with Crippen LogP contribution in [0.4, 0.5) is 11.4 Å². The van der Waals surface area contributed by atoms with Crippen LogP contribution < -0.4 is 11.1 Å². The van der Waals surface area contributed by atoms with Gasteiger partial charge in [-0.3, -0.25) is 0 Å². The second-order valence-electron chi connectivity index (χ2n) is 4.20. The van der Waals surface area contributed by atoms with Gasteiger partial charge in [0, 0.05) is 37.7 Å². The van der Waals surface area contributed by atoms with Gasteiger partial charge in [0.15, 0.2) is 0 Å². The Morgan fingerprint density at radius 3 is 2.83 bits per heavy atom. The van der Waals surface area contributed by atoms with Crippen molar-refractivity contribution in [1.29, 1.82) is 0 Å². The molecule has 0 bridgehead atoms. The second kappa shape index (κ2) is 5.60. The lowest BCUT2D eigenvalue weighted by Gasteiger charge is -2.13. The number of nitrogens with two attached hydrogens (primary N) is 1. The quantitative estimate of drug-likeness (QED) is 0.709. The van der Waals surface area contributed by atoms with Gasteiger partial charge in [-0.05, 0) is 30.2 Å². The van der Waals surface area contributed by atoms with Crippen LogP contribution in [0.1, 0.15) is 5.56 Å². The number of aromatic nitrogens is 1. The van der Waals surface area contributed by atoms with Crippen LogP contribution in [0.5, 0.6) is 0 Å². The highest BCUT2D eigenvalue weighted by molar-refractivity contribution is 5.86. The number of H-pyrrole nitrogens is 1. The first kappa shape index (κ1) is 12.5. The number of ether oxygens (including phenoxy) is 1. The molecule has 1 aromatic heterocycles. The van der Waals surface area contributed by atoms with E-state index >= 15 is 0 Å². The lowest BCUT2D eigenvalue weighted by atomic mass is 10.0. The molecule has 2 rings (SSSR count). The minimum Gasteiger partial charge on any atom is -0.397 e. The fourth-order valence-electron chi connectivity index (χ4n) is 2.01. The molecule has 18 heavy (non-hydrogen) atoms. The van der Waals surface area contributed by atoms with Gasteiger partial charge in [-0.15, -0.1) is 0 Å². The summed E-state index contributed by atoms with van der Waals surface area (Å²) in [6, 6.07) is 6.22. The Morgan fingerprint density at radius 1 is 1.39 bits per heavy atom. The molecular weight excluding hydrogens is 226 g/mol. The Labute approximate surface area is 107 Å². The number of hydrogen-bond acceptors (Lipinski definition) is 3. The van der Waals surface area contributed by atoms with Gasteiger partial charge in [0.2, 0.25) is 0 Å². The normalized spacial score (nSPS) is 10.6. The molecule has 4 heteroatoms. The Kier molecular flexibility index (Phi) is 3.89. The smallest absolute Gasteiger partial charge is 0.0630 e. The van der Waals surface area contributed by atoms with Crippen molar-refractivity contribution in [3.8, 4) is 11.1 Å². The summed E-state index contributed by atoms with van der Waals surface area (Å²) >= 11 is 0. The van der Waals surface area contributed by atoms with Crippen molar-refractivity contribution in [3.63, 3.8) is 0 Å². The van der Waals surface area contributed by atoms with Crippen LogP contribution in [-0.2, 0) is 11.2 Å². The Hall–Kier alpha value is -1.94. The predicted molar refractivity (Wildman–Crippen MR) is 75.8 cm³/mol. The Bertz CT molecular complexity index is 506. The van der Waals surface area contributed by atoms with Crippen molar-refractivity contribution >= 4 is 11.4 Å². The third kappa shape index (κ3) is 2.49. The number of rotatable bonds is 5. The fourth-order valence-corrected chi connectivity index (χ4v) is 2.01. The molecular formula is C14H19N3O. The minimum absolute atomic E-state index is 0.708. The molecule has 0 fully saturated rings. The van der Waals surface area contributed by atoms with Crippen molar-refractivity contribution in [2.75, 3.05) is 31.8 Å². The first-order valence-electron chi connectivity index (χ1n) is 5.98. The van der Waals surface area contributed by atoms with E-state index in [4.69, 9.17) is 10.5 Å². The highest BCUT2D eigenvalue weighted by atomic mass is 16.5. The first-order valence-corrected chi connectivity index (χ1v) is 5.98. The monoisotopic (exact) mass is 245 g/mol. The van der Waals surface area contributed by atoms with Crippen molar-refractivity contribution in [1.82, 2.24) is 4.98 Å². The van der Waals surface area contributed by atoms with Gasteiger partial charge in [0.25, 0.3) is 0 Å². The molecule has 96 valence electrons. The van der Waals surface area contributed by atoms with Crippen LogP contribution in [0, 0.1) is 0 Å². The molecule has 0 aliphatic heterocycles. The lowest BCUT2D eigenvalue weighted by Crippen LogP contribution is -2.02. The highest BCUT2D eigenvalue weighted by Crippen LogP contribution is 2.33. The number of methoxy groups -OCH3 is 1. The summed E-state index contributed by atoms with van der Waals surface area (Å²) in [5.74, 6) is 0. The largest absolute Gasteiger partial charge is 0.397 e. The van der Waals surface area contributed by atoms with E-state index in [-0.39, 0.29) is 0 Å². The van der Waals surface area contributed by atoms with Crippen LogP contribution in [0.2, 0.25) is 0 Å². The molecule has 0 radical (unpaired) electrons. The number of nitrogen functional groups attached to an aromatic ring is 1. The van der Waals surface area contributed by atoms with Crippen LogP contribution in [0.25, 0.3) is 11.1 Å². The van der Waals surface area contributed by atoms with E-state index in [2.05, 4.69) is 22.4 Å². The average molecular weight is 245 g/mol. The zero-order valence-electron chi connectivity index (χ0n) is 10.8. The Balaban J connectivity index is 2.43. The maximum Gasteiger partial charge on any atom is 0.0630 e. The number of nitrogens with one attached hydrogen (secondary N) is 2. The summed E-state index contributed by atoms with van der Waals surface area (Å²) in [6.45, 7) is 0.708. The van der Waals surface area contributed by atoms with Gasteiger partial charge in [0.05, 0.1) is 18.0 Å². The van der Waals surface area contributed by atoms with Crippen LogP contribution >= 0.6 is 0 Å². The van der Waals surface area contributed by atoms with E-state index in [1.807, 2.05) is 25.5 Å². The van der Waals surface area contributed by atoms with E-state index in [9.17, 15) is 0 Å². The zero-order chi connectivity index (χ0) is 13.0. The summed E-state index contributed by atoms with van der Waals surface area (Å²) in [5, 5.41) is 3.14. The molecule has 1 aromatic carbocycles. The SMILES string of the molecule is CNc1cc(CCOC)cc(-c2cc[nH]c2)c1N. The molecule has 4 N–H and O–H groups in total. The third-order valence-corrected chi connectivity index (χ3v) is 3.01. The summed E-state index contributed by atoms with van der Waals surface area (Å²) in [6.07, 6.45) is 4.73. The Morgan fingerprint density at radius 2 is 2.22 bits per heavy atom. The third-order valence-electron chi connectivity index (χ3n) is 3.01. The van der Waals surface area contributed by atoms with Crippen molar-refractivity contribution in [2.45, 2.75) is 6.42 Å². The molecule has 2 aromatic rings. The van der Waals surface area contributed by atoms with E-state index < -0.39 is 0 Å². The summed E-state index contributed by atoms with van der Waals surface area (Å²) in [4.78, 5) is 3.05. The van der Waals surface area contributed by atoms with E-state index in [1.54, 1.807) is 7.11 Å². The van der Waals surface area contributed by atoms with Crippen LogP contribution in [-0.4, -0.2) is 25.7 Å². The van der Waals surface area contributed by atoms with Gasteiger partial charge >= 0.3 is 0 Å². The van der Waals surface area contributed by atoms with Gasteiger partial charge in [0.1, 0.15) is 0 Å². The predicted octanol–water partition coefficient (Wildman–Crippen LogP) is 2.49. The van der Waals surface area contributed by atoms with Crippen LogP contribution in [0.3, 0.4) is 0 Å². The fraction of sp³-hybridized carbons (Fsp3) is 0.286. The molecule has 0 saturated carbocycles. The van der Waals surface area contributed by atoms with Gasteiger partial charge in [-0.2, -0.15) is 0 Å². The molecule has 0 aliphatic carbocycles. The highest BCUT2D eigenvalue weighted by Gasteiger charge is 2.09. The standard InChI is InChI=1S/C14H19N3O/c1-16-13-8-10(4-6-18-2)7-12(14(13)15)11-3-5-17-9-11/h3,5,7-9,16-17H,4,6,15H2,1-2H3. The molecule has 0 spiro atoms. The number of anilines is 2. The maximum atomic E-state index is 6.17. The van der Waals surface area contributed by atoms with Crippen molar-refractivity contribution in [2.24, 2.45) is 0 Å². The second-order valence-corrected chi connectivity index (χ2v) is 4.20. The molecule has 0 saturated heterocycles. The van der Waals surface area contributed by atoms with Gasteiger partial charge < -0.3 is 20.8 Å².